The summed E-state index contributed by atoms with van der Waals surface area (Å²) in [6, 6.07) is 0.199. The number of nitrogens with zero attached hydrogens (tertiary/aromatic N) is 1. The van der Waals surface area contributed by atoms with Crippen molar-refractivity contribution in [3.8, 4) is 0 Å². The Bertz CT molecular complexity index is 280. The summed E-state index contributed by atoms with van der Waals surface area (Å²) in [6.07, 6.45) is 2.18. The van der Waals surface area contributed by atoms with Crippen molar-refractivity contribution in [2.75, 3.05) is 26.9 Å². The molecule has 1 atom stereocenters. The Labute approximate surface area is 94.1 Å². The molecule has 0 saturated heterocycles. The van der Waals surface area contributed by atoms with E-state index in [-0.39, 0.29) is 11.5 Å². The van der Waals surface area contributed by atoms with Crippen LogP contribution in [0.1, 0.15) is 27.2 Å². The first-order chi connectivity index (χ1) is 6.56. The molecule has 0 aliphatic heterocycles. The van der Waals surface area contributed by atoms with Crippen molar-refractivity contribution in [2.45, 2.75) is 33.2 Å². The van der Waals surface area contributed by atoms with Gasteiger partial charge in [0.2, 0.25) is 10.0 Å². The standard InChI is InChI=1S/C10H24N2O2S/c1-10(2,3)7-9(11-4)8-12(5)15(6,13)14/h9,11H,7-8H2,1-6H3/t9-/m0/s1. The molecule has 0 fully saturated rings. The van der Waals surface area contributed by atoms with Gasteiger partial charge in [-0.1, -0.05) is 20.8 Å². The van der Waals surface area contributed by atoms with Gasteiger partial charge in [0.05, 0.1) is 6.26 Å². The van der Waals surface area contributed by atoms with Crippen LogP contribution < -0.4 is 5.32 Å². The van der Waals surface area contributed by atoms with E-state index in [1.54, 1.807) is 7.05 Å². The molecule has 0 aromatic carbocycles. The zero-order chi connectivity index (χ0) is 12.3. The van der Waals surface area contributed by atoms with E-state index < -0.39 is 10.0 Å². The molecule has 0 radical (unpaired) electrons. The molecule has 92 valence electrons. The summed E-state index contributed by atoms with van der Waals surface area (Å²) in [4.78, 5) is 0. The van der Waals surface area contributed by atoms with E-state index in [0.717, 1.165) is 6.42 Å². The second-order valence-electron chi connectivity index (χ2n) is 5.29. The van der Waals surface area contributed by atoms with Crippen molar-refractivity contribution in [3.05, 3.63) is 0 Å². The molecule has 0 aliphatic rings. The highest BCUT2D eigenvalue weighted by molar-refractivity contribution is 7.88. The van der Waals surface area contributed by atoms with Crippen LogP contribution in [0.4, 0.5) is 0 Å². The largest absolute Gasteiger partial charge is 0.316 e. The van der Waals surface area contributed by atoms with E-state index in [1.807, 2.05) is 7.05 Å². The minimum absolute atomic E-state index is 0.199. The van der Waals surface area contributed by atoms with Gasteiger partial charge in [0.25, 0.3) is 0 Å². The van der Waals surface area contributed by atoms with Crippen molar-refractivity contribution >= 4 is 10.0 Å². The van der Waals surface area contributed by atoms with Crippen LogP contribution in [0.5, 0.6) is 0 Å². The average molecular weight is 236 g/mol. The summed E-state index contributed by atoms with van der Waals surface area (Å²) in [7, 11) is 0.411. The lowest BCUT2D eigenvalue weighted by atomic mass is 9.88. The van der Waals surface area contributed by atoms with Crippen molar-refractivity contribution in [3.63, 3.8) is 0 Å². The molecule has 0 amide bonds. The molecule has 5 heteroatoms. The molecule has 15 heavy (non-hydrogen) atoms. The SMILES string of the molecule is CN[C@H](CN(C)S(C)(=O)=O)CC(C)(C)C. The lowest BCUT2D eigenvalue weighted by Crippen LogP contribution is -2.42. The fourth-order valence-electron chi connectivity index (χ4n) is 1.44. The number of hydrogen-bond acceptors (Lipinski definition) is 3. The zero-order valence-corrected chi connectivity index (χ0v) is 11.5. The van der Waals surface area contributed by atoms with Crippen LogP contribution in [0, 0.1) is 5.41 Å². The molecule has 0 aromatic heterocycles. The van der Waals surface area contributed by atoms with Gasteiger partial charge in [0.1, 0.15) is 0 Å². The lowest BCUT2D eigenvalue weighted by Gasteiger charge is -2.28. The van der Waals surface area contributed by atoms with E-state index in [0.29, 0.717) is 6.54 Å². The van der Waals surface area contributed by atoms with Gasteiger partial charge in [-0.25, -0.2) is 12.7 Å². The minimum Gasteiger partial charge on any atom is -0.316 e. The monoisotopic (exact) mass is 236 g/mol. The first kappa shape index (κ1) is 14.9. The van der Waals surface area contributed by atoms with Gasteiger partial charge in [-0.2, -0.15) is 0 Å². The first-order valence-corrected chi connectivity index (χ1v) is 6.99. The maximum Gasteiger partial charge on any atom is 0.211 e. The van der Waals surface area contributed by atoms with Gasteiger partial charge in [0, 0.05) is 19.6 Å². The summed E-state index contributed by atoms with van der Waals surface area (Å²) < 4.78 is 23.9. The number of nitrogens with one attached hydrogen (secondary N) is 1. The first-order valence-electron chi connectivity index (χ1n) is 5.15. The van der Waals surface area contributed by atoms with Gasteiger partial charge in [-0.15, -0.1) is 0 Å². The second kappa shape index (κ2) is 5.27. The van der Waals surface area contributed by atoms with Crippen LogP contribution in [-0.2, 0) is 10.0 Å². The highest BCUT2D eigenvalue weighted by Gasteiger charge is 2.21. The highest BCUT2D eigenvalue weighted by Crippen LogP contribution is 2.21. The van der Waals surface area contributed by atoms with Crippen LogP contribution in [0.3, 0.4) is 0 Å². The quantitative estimate of drug-likeness (QED) is 0.771. The Hall–Kier alpha value is -0.130. The number of rotatable bonds is 5. The molecule has 0 spiro atoms. The fraction of sp³-hybridized carbons (Fsp3) is 1.00. The van der Waals surface area contributed by atoms with Crippen LogP contribution in [-0.4, -0.2) is 45.7 Å². The maximum atomic E-state index is 11.2. The zero-order valence-electron chi connectivity index (χ0n) is 10.7. The van der Waals surface area contributed by atoms with Gasteiger partial charge in [-0.3, -0.25) is 0 Å². The normalized spacial score (nSPS) is 15.7. The summed E-state index contributed by atoms with van der Waals surface area (Å²) >= 11 is 0. The average Bonchev–Trinajstić information content (AvgIpc) is 1.98. The van der Waals surface area contributed by atoms with Gasteiger partial charge >= 0.3 is 0 Å². The Morgan fingerprint density at radius 3 is 2.07 bits per heavy atom. The Balaban J connectivity index is 4.35. The molecule has 0 unspecified atom stereocenters. The maximum absolute atomic E-state index is 11.2. The molecular weight excluding hydrogens is 212 g/mol. The van der Waals surface area contributed by atoms with Crippen LogP contribution in [0.25, 0.3) is 0 Å². The molecule has 4 nitrogen and oxygen atoms in total. The molecule has 1 N–H and O–H groups in total. The number of likely N-dealkylation sites (N-methyl/N-ethyl adjacent to an activating group) is 2. The minimum atomic E-state index is -3.07. The van der Waals surface area contributed by atoms with Crippen LogP contribution >= 0.6 is 0 Å². The lowest BCUT2D eigenvalue weighted by molar-refractivity contribution is 0.288. The predicted octanol–water partition coefficient (Wildman–Crippen LogP) is 0.902. The Kier molecular flexibility index (Phi) is 5.23. The molecule has 0 rings (SSSR count). The molecular formula is C10H24N2O2S. The molecule has 0 aromatic rings. The van der Waals surface area contributed by atoms with Crippen molar-refractivity contribution in [2.24, 2.45) is 5.41 Å². The summed E-state index contributed by atoms with van der Waals surface area (Å²) in [6.45, 7) is 6.97. The molecule has 0 saturated carbocycles. The summed E-state index contributed by atoms with van der Waals surface area (Å²) in [5.74, 6) is 0. The number of sulfonamides is 1. The van der Waals surface area contributed by atoms with Crippen molar-refractivity contribution in [1.29, 1.82) is 0 Å². The fourth-order valence-corrected chi connectivity index (χ4v) is 1.89. The Morgan fingerprint density at radius 1 is 1.33 bits per heavy atom. The summed E-state index contributed by atoms with van der Waals surface area (Å²) in [5, 5.41) is 3.16. The molecule has 0 bridgehead atoms. The highest BCUT2D eigenvalue weighted by atomic mass is 32.2. The van der Waals surface area contributed by atoms with Crippen molar-refractivity contribution < 1.29 is 8.42 Å². The molecule has 0 heterocycles. The smallest absolute Gasteiger partial charge is 0.211 e. The second-order valence-corrected chi connectivity index (χ2v) is 7.38. The topological polar surface area (TPSA) is 49.4 Å². The van der Waals surface area contributed by atoms with E-state index in [2.05, 4.69) is 26.1 Å². The van der Waals surface area contributed by atoms with Gasteiger partial charge in [-0.05, 0) is 18.9 Å². The van der Waals surface area contributed by atoms with E-state index >= 15 is 0 Å². The van der Waals surface area contributed by atoms with Crippen LogP contribution in [0.15, 0.2) is 0 Å². The molecule has 0 aliphatic carbocycles. The summed E-state index contributed by atoms with van der Waals surface area (Å²) in [5.41, 5.74) is 0.200. The predicted molar refractivity (Wildman–Crippen MR) is 64.4 cm³/mol. The van der Waals surface area contributed by atoms with Gasteiger partial charge in [0.15, 0.2) is 0 Å². The third-order valence-corrected chi connectivity index (χ3v) is 3.59. The van der Waals surface area contributed by atoms with E-state index in [1.165, 1.54) is 10.6 Å². The van der Waals surface area contributed by atoms with Crippen LogP contribution in [0.2, 0.25) is 0 Å². The number of hydrogen-bond donors (Lipinski definition) is 1. The van der Waals surface area contributed by atoms with Crippen molar-refractivity contribution in [1.82, 2.24) is 9.62 Å². The van der Waals surface area contributed by atoms with Gasteiger partial charge < -0.3 is 5.32 Å². The Morgan fingerprint density at radius 2 is 1.80 bits per heavy atom. The third-order valence-electron chi connectivity index (χ3n) is 2.31. The third kappa shape index (κ3) is 6.87. The van der Waals surface area contributed by atoms with E-state index in [9.17, 15) is 8.42 Å². The van der Waals surface area contributed by atoms with E-state index in [4.69, 9.17) is 0 Å².